The second-order valence-corrected chi connectivity index (χ2v) is 3.95. The minimum absolute atomic E-state index is 0.163. The highest BCUT2D eigenvalue weighted by atomic mass is 19.1. The minimum atomic E-state index is -0.163. The molecule has 0 saturated carbocycles. The zero-order valence-electron chi connectivity index (χ0n) is 8.20. The van der Waals surface area contributed by atoms with Crippen LogP contribution in [0.1, 0.15) is 29.2 Å². The van der Waals surface area contributed by atoms with Crippen LogP contribution in [0.4, 0.5) is 4.39 Å². The SMILES string of the molecule is Fc1cccc([C@H]2CCc3[nH]ncc32)c1. The summed E-state index contributed by atoms with van der Waals surface area (Å²) in [6.45, 7) is 0. The summed E-state index contributed by atoms with van der Waals surface area (Å²) in [5.74, 6) is 0.152. The maximum atomic E-state index is 13.1. The van der Waals surface area contributed by atoms with E-state index in [1.54, 1.807) is 12.1 Å². The van der Waals surface area contributed by atoms with E-state index in [9.17, 15) is 4.39 Å². The van der Waals surface area contributed by atoms with Crippen molar-refractivity contribution >= 4 is 0 Å². The summed E-state index contributed by atoms with van der Waals surface area (Å²) in [4.78, 5) is 0. The lowest BCUT2D eigenvalue weighted by molar-refractivity contribution is 0.622. The number of aryl methyl sites for hydroxylation is 1. The lowest BCUT2D eigenvalue weighted by Gasteiger charge is -2.09. The number of aromatic nitrogens is 2. The molecule has 15 heavy (non-hydrogen) atoms. The first kappa shape index (κ1) is 8.65. The van der Waals surface area contributed by atoms with Crippen molar-refractivity contribution in [1.29, 1.82) is 0 Å². The Bertz CT molecular complexity index is 490. The number of benzene rings is 1. The second-order valence-electron chi connectivity index (χ2n) is 3.95. The molecule has 0 amide bonds. The van der Waals surface area contributed by atoms with Gasteiger partial charge in [-0.1, -0.05) is 12.1 Å². The van der Waals surface area contributed by atoms with E-state index in [1.807, 2.05) is 12.3 Å². The quantitative estimate of drug-likeness (QED) is 0.756. The Morgan fingerprint density at radius 3 is 3.20 bits per heavy atom. The van der Waals surface area contributed by atoms with Crippen LogP contribution in [0.2, 0.25) is 0 Å². The lowest BCUT2D eigenvalue weighted by atomic mass is 9.95. The van der Waals surface area contributed by atoms with Crippen molar-refractivity contribution in [3.8, 4) is 0 Å². The van der Waals surface area contributed by atoms with Crippen LogP contribution in [0, 0.1) is 5.82 Å². The highest BCUT2D eigenvalue weighted by Crippen LogP contribution is 2.36. The molecule has 0 unspecified atom stereocenters. The number of H-pyrrole nitrogens is 1. The van der Waals surface area contributed by atoms with Gasteiger partial charge in [0.15, 0.2) is 0 Å². The van der Waals surface area contributed by atoms with Gasteiger partial charge in [0.25, 0.3) is 0 Å². The molecular weight excluding hydrogens is 191 g/mol. The Hall–Kier alpha value is -1.64. The van der Waals surface area contributed by atoms with Crippen molar-refractivity contribution in [3.63, 3.8) is 0 Å². The van der Waals surface area contributed by atoms with E-state index in [2.05, 4.69) is 10.2 Å². The van der Waals surface area contributed by atoms with Crippen molar-refractivity contribution in [3.05, 3.63) is 53.1 Å². The summed E-state index contributed by atoms with van der Waals surface area (Å²) in [5.41, 5.74) is 3.47. The molecule has 2 nitrogen and oxygen atoms in total. The fourth-order valence-electron chi connectivity index (χ4n) is 2.34. The number of rotatable bonds is 1. The Morgan fingerprint density at radius 2 is 2.33 bits per heavy atom. The highest BCUT2D eigenvalue weighted by molar-refractivity contribution is 5.37. The van der Waals surface area contributed by atoms with E-state index in [-0.39, 0.29) is 5.82 Å². The smallest absolute Gasteiger partial charge is 0.123 e. The molecule has 0 aliphatic heterocycles. The van der Waals surface area contributed by atoms with Crippen LogP contribution >= 0.6 is 0 Å². The van der Waals surface area contributed by atoms with Crippen molar-refractivity contribution in [2.75, 3.05) is 0 Å². The number of hydrogen-bond donors (Lipinski definition) is 1. The third kappa shape index (κ3) is 1.35. The summed E-state index contributed by atoms with van der Waals surface area (Å²) >= 11 is 0. The molecule has 0 bridgehead atoms. The lowest BCUT2D eigenvalue weighted by Crippen LogP contribution is -1.95. The number of fused-ring (bicyclic) bond motifs is 1. The Morgan fingerprint density at radius 1 is 1.40 bits per heavy atom. The van der Waals surface area contributed by atoms with E-state index in [4.69, 9.17) is 0 Å². The largest absolute Gasteiger partial charge is 0.282 e. The average Bonchev–Trinajstić information content (AvgIpc) is 2.77. The third-order valence-electron chi connectivity index (χ3n) is 3.06. The van der Waals surface area contributed by atoms with Crippen LogP contribution < -0.4 is 0 Å². The van der Waals surface area contributed by atoms with E-state index in [1.165, 1.54) is 17.3 Å². The van der Waals surface area contributed by atoms with Crippen molar-refractivity contribution in [1.82, 2.24) is 10.2 Å². The predicted molar refractivity (Wildman–Crippen MR) is 55.2 cm³/mol. The monoisotopic (exact) mass is 202 g/mol. The van der Waals surface area contributed by atoms with E-state index in [0.717, 1.165) is 18.4 Å². The molecule has 1 N–H and O–H groups in total. The van der Waals surface area contributed by atoms with Gasteiger partial charge < -0.3 is 0 Å². The summed E-state index contributed by atoms with van der Waals surface area (Å²) < 4.78 is 13.1. The Balaban J connectivity index is 2.03. The van der Waals surface area contributed by atoms with Gasteiger partial charge in [-0.15, -0.1) is 0 Å². The molecule has 3 heteroatoms. The molecule has 0 saturated heterocycles. The van der Waals surface area contributed by atoms with Crippen LogP contribution in [0.15, 0.2) is 30.5 Å². The fraction of sp³-hybridized carbons (Fsp3) is 0.250. The summed E-state index contributed by atoms with van der Waals surface area (Å²) in [6.07, 6.45) is 3.92. The van der Waals surface area contributed by atoms with Gasteiger partial charge in [0.2, 0.25) is 0 Å². The Kier molecular flexibility index (Phi) is 1.84. The normalized spacial score (nSPS) is 19.1. The predicted octanol–water partition coefficient (Wildman–Crippen LogP) is 2.63. The molecule has 1 atom stereocenters. The van der Waals surface area contributed by atoms with Gasteiger partial charge in [-0.3, -0.25) is 5.10 Å². The molecule has 3 rings (SSSR count). The van der Waals surface area contributed by atoms with Crippen LogP contribution in [0.25, 0.3) is 0 Å². The molecular formula is C12H11FN2. The second kappa shape index (κ2) is 3.19. The third-order valence-corrected chi connectivity index (χ3v) is 3.06. The summed E-state index contributed by atoms with van der Waals surface area (Å²) in [5, 5.41) is 7.01. The number of nitrogens with one attached hydrogen (secondary N) is 1. The molecule has 1 aliphatic rings. The van der Waals surface area contributed by atoms with E-state index in [0.29, 0.717) is 5.92 Å². The molecule has 2 aromatic rings. The van der Waals surface area contributed by atoms with Crippen LogP contribution in [0.5, 0.6) is 0 Å². The van der Waals surface area contributed by atoms with Crippen molar-refractivity contribution < 1.29 is 4.39 Å². The highest BCUT2D eigenvalue weighted by Gasteiger charge is 2.25. The minimum Gasteiger partial charge on any atom is -0.282 e. The zero-order chi connectivity index (χ0) is 10.3. The van der Waals surface area contributed by atoms with Crippen LogP contribution in [-0.4, -0.2) is 10.2 Å². The number of hydrogen-bond acceptors (Lipinski definition) is 1. The van der Waals surface area contributed by atoms with Gasteiger partial charge in [0.1, 0.15) is 5.82 Å². The molecule has 0 spiro atoms. The van der Waals surface area contributed by atoms with Gasteiger partial charge in [-0.25, -0.2) is 4.39 Å². The first-order chi connectivity index (χ1) is 7.34. The number of halogens is 1. The maximum Gasteiger partial charge on any atom is 0.123 e. The van der Waals surface area contributed by atoms with Gasteiger partial charge in [-0.2, -0.15) is 5.10 Å². The van der Waals surface area contributed by atoms with Gasteiger partial charge in [-0.05, 0) is 30.5 Å². The molecule has 1 aromatic heterocycles. The Labute approximate surface area is 87.1 Å². The first-order valence-corrected chi connectivity index (χ1v) is 5.12. The van der Waals surface area contributed by atoms with E-state index >= 15 is 0 Å². The number of nitrogens with zero attached hydrogens (tertiary/aromatic N) is 1. The van der Waals surface area contributed by atoms with Gasteiger partial charge in [0.05, 0.1) is 6.20 Å². The average molecular weight is 202 g/mol. The van der Waals surface area contributed by atoms with Crippen LogP contribution in [0.3, 0.4) is 0 Å². The molecule has 0 radical (unpaired) electrons. The standard InChI is InChI=1S/C12H11FN2/c13-9-3-1-2-8(6-9)10-4-5-12-11(10)7-14-15-12/h1-3,6-7,10H,4-5H2,(H,14,15)/t10-/m1/s1. The summed E-state index contributed by atoms with van der Waals surface area (Å²) in [7, 11) is 0. The first-order valence-electron chi connectivity index (χ1n) is 5.12. The molecule has 1 aromatic carbocycles. The van der Waals surface area contributed by atoms with Gasteiger partial charge >= 0.3 is 0 Å². The molecule has 76 valence electrons. The van der Waals surface area contributed by atoms with E-state index < -0.39 is 0 Å². The fourth-order valence-corrected chi connectivity index (χ4v) is 2.34. The van der Waals surface area contributed by atoms with Gasteiger partial charge in [0, 0.05) is 17.2 Å². The van der Waals surface area contributed by atoms with Crippen molar-refractivity contribution in [2.45, 2.75) is 18.8 Å². The molecule has 1 aliphatic carbocycles. The maximum absolute atomic E-state index is 13.1. The summed E-state index contributed by atoms with van der Waals surface area (Å²) in [6, 6.07) is 6.85. The topological polar surface area (TPSA) is 28.7 Å². The van der Waals surface area contributed by atoms with Crippen molar-refractivity contribution in [2.24, 2.45) is 0 Å². The molecule has 0 fully saturated rings. The zero-order valence-corrected chi connectivity index (χ0v) is 8.20. The molecule has 1 heterocycles. The van der Waals surface area contributed by atoms with Crippen LogP contribution in [-0.2, 0) is 6.42 Å². The number of aromatic amines is 1.